The van der Waals surface area contributed by atoms with E-state index in [1.165, 1.54) is 12.1 Å². The van der Waals surface area contributed by atoms with Crippen LogP contribution in [0.3, 0.4) is 0 Å². The normalized spacial score (nSPS) is 25.4. The number of aliphatic hydroxyl groups excluding tert-OH is 1. The highest BCUT2D eigenvalue weighted by molar-refractivity contribution is 9.10. The first-order valence-electron chi connectivity index (χ1n) is 5.56. The number of rotatable bonds is 2. The average molecular weight is 288 g/mol. The molecule has 0 saturated heterocycles. The van der Waals surface area contributed by atoms with Crippen LogP contribution in [0.25, 0.3) is 0 Å². The van der Waals surface area contributed by atoms with Crippen LogP contribution in [-0.2, 0) is 0 Å². The lowest BCUT2D eigenvalue weighted by atomic mass is 9.92. The molecule has 2 N–H and O–H groups in total. The highest BCUT2D eigenvalue weighted by Gasteiger charge is 2.23. The molecule has 1 fully saturated rings. The first-order chi connectivity index (χ1) is 7.66. The van der Waals surface area contributed by atoms with Gasteiger partial charge in [-0.1, -0.05) is 12.8 Å². The topological polar surface area (TPSA) is 32.3 Å². The van der Waals surface area contributed by atoms with Gasteiger partial charge in [0.05, 0.1) is 17.8 Å². The summed E-state index contributed by atoms with van der Waals surface area (Å²) in [5.41, 5.74) is 0.714. The quantitative estimate of drug-likeness (QED) is 0.875. The summed E-state index contributed by atoms with van der Waals surface area (Å²) in [7, 11) is 0. The van der Waals surface area contributed by atoms with Crippen LogP contribution in [0.5, 0.6) is 0 Å². The Morgan fingerprint density at radius 1 is 1.31 bits per heavy atom. The SMILES string of the molecule is O[C@@H]1CCCC[C@H]1Nc1cc(F)ccc1Br. The first-order valence-corrected chi connectivity index (χ1v) is 6.36. The molecular formula is C12H15BrFNO. The third-order valence-electron chi connectivity index (χ3n) is 3.00. The Bertz CT molecular complexity index is 372. The number of hydrogen-bond acceptors (Lipinski definition) is 2. The van der Waals surface area contributed by atoms with E-state index in [1.807, 2.05) is 0 Å². The van der Waals surface area contributed by atoms with Crippen LogP contribution in [0.4, 0.5) is 10.1 Å². The van der Waals surface area contributed by atoms with Crippen molar-refractivity contribution in [1.29, 1.82) is 0 Å². The molecule has 88 valence electrons. The Morgan fingerprint density at radius 2 is 2.06 bits per heavy atom. The van der Waals surface area contributed by atoms with Crippen LogP contribution < -0.4 is 5.32 Å². The van der Waals surface area contributed by atoms with Crippen LogP contribution in [0.15, 0.2) is 22.7 Å². The predicted octanol–water partition coefficient (Wildman–Crippen LogP) is 3.30. The number of benzene rings is 1. The van der Waals surface area contributed by atoms with Crippen molar-refractivity contribution in [3.05, 3.63) is 28.5 Å². The van der Waals surface area contributed by atoms with Gasteiger partial charge in [-0.3, -0.25) is 0 Å². The molecule has 2 nitrogen and oxygen atoms in total. The smallest absolute Gasteiger partial charge is 0.125 e. The minimum absolute atomic E-state index is 0.0341. The molecule has 16 heavy (non-hydrogen) atoms. The van der Waals surface area contributed by atoms with Gasteiger partial charge in [0.2, 0.25) is 0 Å². The lowest BCUT2D eigenvalue weighted by Crippen LogP contribution is -2.36. The molecule has 2 atom stereocenters. The van der Waals surface area contributed by atoms with Crippen LogP contribution in [0.2, 0.25) is 0 Å². The van der Waals surface area contributed by atoms with E-state index in [0.717, 1.165) is 30.2 Å². The minimum atomic E-state index is -0.330. The van der Waals surface area contributed by atoms with Crippen LogP contribution in [0, 0.1) is 5.82 Å². The second-order valence-corrected chi connectivity index (χ2v) is 5.08. The van der Waals surface area contributed by atoms with E-state index < -0.39 is 0 Å². The van der Waals surface area contributed by atoms with Gasteiger partial charge in [-0.05, 0) is 47.0 Å². The molecule has 2 rings (SSSR count). The van der Waals surface area contributed by atoms with Gasteiger partial charge in [-0.25, -0.2) is 4.39 Å². The van der Waals surface area contributed by atoms with Crippen LogP contribution in [0.1, 0.15) is 25.7 Å². The lowest BCUT2D eigenvalue weighted by molar-refractivity contribution is 0.116. The standard InChI is InChI=1S/C12H15BrFNO/c13-9-6-5-8(14)7-11(9)15-10-3-1-2-4-12(10)16/h5-7,10,12,15-16H,1-4H2/t10-,12-/m1/s1. The van der Waals surface area contributed by atoms with Crippen molar-refractivity contribution in [2.45, 2.75) is 37.8 Å². The summed E-state index contributed by atoms with van der Waals surface area (Å²) in [6.45, 7) is 0. The molecule has 0 unspecified atom stereocenters. The molecule has 1 aliphatic rings. The Morgan fingerprint density at radius 3 is 2.81 bits per heavy atom. The molecule has 1 saturated carbocycles. The zero-order valence-electron chi connectivity index (χ0n) is 8.92. The summed E-state index contributed by atoms with van der Waals surface area (Å²) in [4.78, 5) is 0. The van der Waals surface area contributed by atoms with Crippen molar-refractivity contribution in [2.75, 3.05) is 5.32 Å². The summed E-state index contributed by atoms with van der Waals surface area (Å²) in [6, 6.07) is 4.57. The highest BCUT2D eigenvalue weighted by Crippen LogP contribution is 2.27. The summed E-state index contributed by atoms with van der Waals surface area (Å²) in [6.07, 6.45) is 3.61. The maximum absolute atomic E-state index is 13.1. The fourth-order valence-corrected chi connectivity index (χ4v) is 2.45. The van der Waals surface area contributed by atoms with Gasteiger partial charge in [-0.15, -0.1) is 0 Å². The maximum atomic E-state index is 13.1. The van der Waals surface area contributed by atoms with Gasteiger partial charge in [0.1, 0.15) is 5.82 Å². The first kappa shape index (κ1) is 11.9. The van der Waals surface area contributed by atoms with E-state index in [2.05, 4.69) is 21.2 Å². The number of anilines is 1. The second-order valence-electron chi connectivity index (χ2n) is 4.23. The van der Waals surface area contributed by atoms with Crippen molar-refractivity contribution >= 4 is 21.6 Å². The number of nitrogens with one attached hydrogen (secondary N) is 1. The van der Waals surface area contributed by atoms with Gasteiger partial charge in [0.25, 0.3) is 0 Å². The molecule has 0 bridgehead atoms. The second kappa shape index (κ2) is 5.15. The van der Waals surface area contributed by atoms with Gasteiger partial charge in [0, 0.05) is 4.47 Å². The summed E-state index contributed by atoms with van der Waals surface area (Å²) in [5, 5.41) is 13.0. The molecule has 0 heterocycles. The molecule has 0 spiro atoms. The zero-order chi connectivity index (χ0) is 11.5. The van der Waals surface area contributed by atoms with E-state index in [9.17, 15) is 9.50 Å². The van der Waals surface area contributed by atoms with Gasteiger partial charge < -0.3 is 10.4 Å². The van der Waals surface area contributed by atoms with Crippen LogP contribution >= 0.6 is 15.9 Å². The molecule has 0 aliphatic heterocycles. The molecule has 1 aliphatic carbocycles. The van der Waals surface area contributed by atoms with Crippen molar-refractivity contribution in [2.24, 2.45) is 0 Å². The molecule has 4 heteroatoms. The Kier molecular flexibility index (Phi) is 3.82. The summed E-state index contributed by atoms with van der Waals surface area (Å²) >= 11 is 3.37. The molecule has 1 aromatic carbocycles. The Hall–Kier alpha value is -0.610. The molecule has 0 radical (unpaired) electrons. The molecule has 1 aromatic rings. The molecule has 0 aromatic heterocycles. The Labute approximate surface area is 103 Å². The van der Waals surface area contributed by atoms with Crippen molar-refractivity contribution < 1.29 is 9.50 Å². The highest BCUT2D eigenvalue weighted by atomic mass is 79.9. The molecule has 0 amide bonds. The lowest BCUT2D eigenvalue weighted by Gasteiger charge is -2.29. The van der Waals surface area contributed by atoms with Gasteiger partial charge in [-0.2, -0.15) is 0 Å². The van der Waals surface area contributed by atoms with E-state index >= 15 is 0 Å². The average Bonchev–Trinajstić information content (AvgIpc) is 2.27. The zero-order valence-corrected chi connectivity index (χ0v) is 10.5. The van der Waals surface area contributed by atoms with Gasteiger partial charge >= 0.3 is 0 Å². The summed E-state index contributed by atoms with van der Waals surface area (Å²) < 4.78 is 13.9. The van der Waals surface area contributed by atoms with Gasteiger partial charge in [0.15, 0.2) is 0 Å². The third kappa shape index (κ3) is 2.74. The fourth-order valence-electron chi connectivity index (χ4n) is 2.09. The molecular weight excluding hydrogens is 273 g/mol. The van der Waals surface area contributed by atoms with Crippen molar-refractivity contribution in [1.82, 2.24) is 0 Å². The number of halogens is 2. The predicted molar refractivity (Wildman–Crippen MR) is 66.0 cm³/mol. The number of aliphatic hydroxyl groups is 1. The van der Waals surface area contributed by atoms with Crippen molar-refractivity contribution in [3.8, 4) is 0 Å². The van der Waals surface area contributed by atoms with E-state index in [4.69, 9.17) is 0 Å². The maximum Gasteiger partial charge on any atom is 0.125 e. The largest absolute Gasteiger partial charge is 0.391 e. The van der Waals surface area contributed by atoms with E-state index in [-0.39, 0.29) is 18.0 Å². The fraction of sp³-hybridized carbons (Fsp3) is 0.500. The summed E-state index contributed by atoms with van der Waals surface area (Å²) in [5.74, 6) is -0.268. The minimum Gasteiger partial charge on any atom is -0.391 e. The third-order valence-corrected chi connectivity index (χ3v) is 3.69. The van der Waals surface area contributed by atoms with Crippen molar-refractivity contribution in [3.63, 3.8) is 0 Å². The number of hydrogen-bond donors (Lipinski definition) is 2. The van der Waals surface area contributed by atoms with E-state index in [1.54, 1.807) is 6.07 Å². The Balaban J connectivity index is 2.10. The van der Waals surface area contributed by atoms with Crippen LogP contribution in [-0.4, -0.2) is 17.3 Å². The van der Waals surface area contributed by atoms with E-state index in [0.29, 0.717) is 5.69 Å². The monoisotopic (exact) mass is 287 g/mol.